The molecule has 0 N–H and O–H groups in total. The summed E-state index contributed by atoms with van der Waals surface area (Å²) >= 11 is 6.49. The molecular weight excluding hydrogens is 606 g/mol. The van der Waals surface area contributed by atoms with E-state index >= 15 is 0 Å². The highest BCUT2D eigenvalue weighted by atomic mass is 35.5. The highest BCUT2D eigenvalue weighted by Gasteiger charge is 2.50. The topological polar surface area (TPSA) is 45.2 Å². The Morgan fingerprint density at radius 2 is 1.98 bits per heavy atom. The molecule has 5 atom stereocenters. The van der Waals surface area contributed by atoms with Gasteiger partial charge in [0, 0.05) is 68.4 Å². The fourth-order valence-corrected chi connectivity index (χ4v) is 9.76. The molecule has 2 saturated heterocycles. The molecule has 3 aliphatic heterocycles. The SMILES string of the molecule is CO[C@](/C=C/C(C)C)(CN1CCN2CCCCC2C1)C1CCC1CN1C[C@@]2(CCCc3cc(Cl)ccc32)COc2ccc(C=O)cc21. The maximum Gasteiger partial charge on any atom is 0.150 e. The van der Waals surface area contributed by atoms with Crippen molar-refractivity contribution >= 4 is 23.6 Å². The molecule has 1 spiro atoms. The first-order chi connectivity index (χ1) is 22.8. The van der Waals surface area contributed by atoms with Crippen molar-refractivity contribution in [1.29, 1.82) is 0 Å². The van der Waals surface area contributed by atoms with Crippen LogP contribution in [0.4, 0.5) is 5.69 Å². The molecule has 3 fully saturated rings. The number of hydrogen-bond acceptors (Lipinski definition) is 6. The van der Waals surface area contributed by atoms with E-state index in [0.717, 1.165) is 74.7 Å². The van der Waals surface area contributed by atoms with Crippen LogP contribution in [0.2, 0.25) is 5.02 Å². The van der Waals surface area contributed by atoms with Gasteiger partial charge < -0.3 is 14.4 Å². The molecule has 0 aromatic heterocycles. The Balaban J connectivity index is 1.19. The van der Waals surface area contributed by atoms with Crippen molar-refractivity contribution in [2.75, 3.05) is 64.4 Å². The number of benzene rings is 2. The van der Waals surface area contributed by atoms with Crippen LogP contribution in [0.25, 0.3) is 0 Å². The van der Waals surface area contributed by atoms with Crippen LogP contribution in [-0.4, -0.2) is 87.3 Å². The van der Waals surface area contributed by atoms with E-state index in [4.69, 9.17) is 21.1 Å². The summed E-state index contributed by atoms with van der Waals surface area (Å²) < 4.78 is 13.4. The van der Waals surface area contributed by atoms with Gasteiger partial charge in [-0.05, 0) is 111 Å². The minimum atomic E-state index is -0.328. The van der Waals surface area contributed by atoms with E-state index in [-0.39, 0.29) is 11.0 Å². The van der Waals surface area contributed by atoms with Gasteiger partial charge in [-0.25, -0.2) is 0 Å². The third-order valence-corrected chi connectivity index (χ3v) is 12.5. The van der Waals surface area contributed by atoms with Gasteiger partial charge >= 0.3 is 0 Å². The van der Waals surface area contributed by atoms with E-state index in [0.29, 0.717) is 36.0 Å². The molecule has 254 valence electrons. The van der Waals surface area contributed by atoms with Crippen molar-refractivity contribution < 1.29 is 14.3 Å². The molecule has 1 saturated carbocycles. The molecule has 7 heteroatoms. The van der Waals surface area contributed by atoms with Gasteiger partial charge in [0.2, 0.25) is 0 Å². The standard InChI is InChI=1S/C40H54ClN3O3/c1-29(2)15-17-40(46-3,27-42-19-20-43-18-5-4-8-34(43)24-42)36-12-10-32(36)23-44-26-39(16-6-7-31-22-33(41)11-13-35(31)39)28-47-38-14-9-30(25-45)21-37(38)44/h9,11,13-15,17,21-22,25,29,32,34,36H,4-8,10,12,16,18-20,23-24,26-28H2,1-3H3/b17-15+/t32?,34?,36?,39-,40+/m0/s1. The maximum atomic E-state index is 12.0. The van der Waals surface area contributed by atoms with Gasteiger partial charge in [0.05, 0.1) is 12.3 Å². The number of anilines is 1. The smallest absolute Gasteiger partial charge is 0.150 e. The largest absolute Gasteiger partial charge is 0.490 e. The normalized spacial score (nSPS) is 29.4. The lowest BCUT2D eigenvalue weighted by Gasteiger charge is -2.53. The number of aryl methyl sites for hydroxylation is 1. The molecular formula is C40H54ClN3O3. The van der Waals surface area contributed by atoms with Crippen LogP contribution < -0.4 is 9.64 Å². The van der Waals surface area contributed by atoms with E-state index in [9.17, 15) is 4.79 Å². The summed E-state index contributed by atoms with van der Waals surface area (Å²) in [6, 6.07) is 13.1. The van der Waals surface area contributed by atoms with Crippen LogP contribution in [-0.2, 0) is 16.6 Å². The number of halogens is 1. The lowest BCUT2D eigenvalue weighted by molar-refractivity contribution is -0.100. The number of hydrogen-bond donors (Lipinski definition) is 0. The van der Waals surface area contributed by atoms with Crippen molar-refractivity contribution in [3.63, 3.8) is 0 Å². The lowest BCUT2D eigenvalue weighted by atomic mass is 9.63. The van der Waals surface area contributed by atoms with Crippen LogP contribution in [0.5, 0.6) is 5.75 Å². The Bertz CT molecular complexity index is 1460. The van der Waals surface area contributed by atoms with Crippen molar-refractivity contribution in [2.24, 2.45) is 17.8 Å². The lowest BCUT2D eigenvalue weighted by Crippen LogP contribution is -2.61. The van der Waals surface area contributed by atoms with Gasteiger partial charge in [0.25, 0.3) is 0 Å². The van der Waals surface area contributed by atoms with Crippen LogP contribution in [0.1, 0.15) is 80.3 Å². The number of piperidine rings is 1. The Hall–Kier alpha value is -2.38. The first kappa shape index (κ1) is 33.1. The minimum Gasteiger partial charge on any atom is -0.490 e. The number of ether oxygens (including phenoxy) is 2. The number of rotatable bonds is 9. The zero-order valence-corrected chi connectivity index (χ0v) is 29.5. The molecule has 2 aliphatic carbocycles. The van der Waals surface area contributed by atoms with E-state index in [1.807, 2.05) is 31.4 Å². The van der Waals surface area contributed by atoms with Crippen LogP contribution in [0.15, 0.2) is 48.6 Å². The third kappa shape index (κ3) is 6.65. The average molecular weight is 660 g/mol. The van der Waals surface area contributed by atoms with Gasteiger partial charge in [-0.2, -0.15) is 0 Å². The minimum absolute atomic E-state index is 0.132. The van der Waals surface area contributed by atoms with Gasteiger partial charge in [-0.3, -0.25) is 14.6 Å². The van der Waals surface area contributed by atoms with Crippen LogP contribution in [0.3, 0.4) is 0 Å². The number of piperazine rings is 1. The summed E-state index contributed by atoms with van der Waals surface area (Å²) in [4.78, 5) is 20.0. The Morgan fingerprint density at radius 3 is 2.77 bits per heavy atom. The second-order valence-corrected chi connectivity index (χ2v) is 16.0. The Labute approximate surface area is 287 Å². The number of methoxy groups -OCH3 is 1. The van der Waals surface area contributed by atoms with E-state index in [1.165, 1.54) is 56.3 Å². The summed E-state index contributed by atoms with van der Waals surface area (Å²) in [6.45, 7) is 12.6. The van der Waals surface area contributed by atoms with Crippen molar-refractivity contribution in [2.45, 2.75) is 82.3 Å². The van der Waals surface area contributed by atoms with E-state index < -0.39 is 0 Å². The molecule has 3 unspecified atom stereocenters. The van der Waals surface area contributed by atoms with Gasteiger partial charge in [-0.1, -0.05) is 50.1 Å². The van der Waals surface area contributed by atoms with Gasteiger partial charge in [0.1, 0.15) is 17.6 Å². The number of nitrogens with zero attached hydrogens (tertiary/aromatic N) is 3. The molecule has 0 amide bonds. The molecule has 2 aromatic rings. The van der Waals surface area contributed by atoms with Crippen LogP contribution in [0, 0.1) is 17.8 Å². The predicted octanol–water partition coefficient (Wildman–Crippen LogP) is 7.42. The van der Waals surface area contributed by atoms with E-state index in [2.05, 4.69) is 52.8 Å². The van der Waals surface area contributed by atoms with Crippen molar-refractivity contribution in [1.82, 2.24) is 9.80 Å². The maximum absolute atomic E-state index is 12.0. The Morgan fingerprint density at radius 1 is 1.09 bits per heavy atom. The summed E-state index contributed by atoms with van der Waals surface area (Å²) in [7, 11) is 1.95. The zero-order valence-electron chi connectivity index (χ0n) is 28.8. The van der Waals surface area contributed by atoms with Gasteiger partial charge in [-0.15, -0.1) is 0 Å². The molecule has 5 aliphatic rings. The quantitative estimate of drug-likeness (QED) is 0.206. The highest BCUT2D eigenvalue weighted by molar-refractivity contribution is 6.30. The number of carbonyl (C=O) groups excluding carboxylic acids is 1. The van der Waals surface area contributed by atoms with Crippen LogP contribution >= 0.6 is 11.6 Å². The fourth-order valence-electron chi connectivity index (χ4n) is 9.56. The molecule has 3 heterocycles. The Kier molecular flexibility index (Phi) is 9.77. The molecule has 2 aromatic carbocycles. The molecule has 0 bridgehead atoms. The first-order valence-electron chi connectivity index (χ1n) is 18.3. The predicted molar refractivity (Wildman–Crippen MR) is 191 cm³/mol. The highest BCUT2D eigenvalue weighted by Crippen LogP contribution is 2.49. The van der Waals surface area contributed by atoms with Crippen molar-refractivity contribution in [3.8, 4) is 5.75 Å². The molecule has 0 radical (unpaired) electrons. The number of aldehydes is 1. The second-order valence-electron chi connectivity index (χ2n) is 15.6. The summed E-state index contributed by atoms with van der Waals surface area (Å²) in [5, 5.41) is 0.804. The van der Waals surface area contributed by atoms with E-state index in [1.54, 1.807) is 0 Å². The molecule has 6 nitrogen and oxygen atoms in total. The van der Waals surface area contributed by atoms with Crippen molar-refractivity contribution in [3.05, 3.63) is 70.3 Å². The molecule has 7 rings (SSSR count). The third-order valence-electron chi connectivity index (χ3n) is 12.2. The van der Waals surface area contributed by atoms with Gasteiger partial charge in [0.15, 0.2) is 0 Å². The summed E-state index contributed by atoms with van der Waals surface area (Å²) in [6.07, 6.45) is 15.4. The zero-order chi connectivity index (χ0) is 32.6. The number of fused-ring (bicyclic) bond motifs is 4. The fraction of sp³-hybridized carbons (Fsp3) is 0.625. The number of carbonyl (C=O) groups is 1. The summed E-state index contributed by atoms with van der Waals surface area (Å²) in [5.41, 5.74) is 4.01. The average Bonchev–Trinajstić information content (AvgIpc) is 3.22. The monoisotopic (exact) mass is 659 g/mol. The summed E-state index contributed by atoms with van der Waals surface area (Å²) in [5.74, 6) is 2.24. The second kappa shape index (κ2) is 13.9. The number of allylic oxidation sites excluding steroid dienone is 1. The molecule has 47 heavy (non-hydrogen) atoms. The first-order valence-corrected chi connectivity index (χ1v) is 18.7.